The lowest BCUT2D eigenvalue weighted by molar-refractivity contribution is 1.30. The third-order valence-corrected chi connectivity index (χ3v) is 3.31. The van der Waals surface area contributed by atoms with Crippen molar-refractivity contribution >= 4 is 59.4 Å². The van der Waals surface area contributed by atoms with Crippen molar-refractivity contribution in [3.8, 4) is 0 Å². The van der Waals surface area contributed by atoms with Crippen molar-refractivity contribution in [2.45, 2.75) is 9.07 Å². The molecule has 0 nitrogen and oxygen atoms in total. The minimum atomic E-state index is 0.163. The van der Waals surface area contributed by atoms with Gasteiger partial charge in [-0.15, -0.1) is 0 Å². The van der Waals surface area contributed by atoms with E-state index in [1.165, 1.54) is 11.1 Å². The smallest absolute Gasteiger partial charge is 0.0876 e. The van der Waals surface area contributed by atoms with Crippen LogP contribution in [0.5, 0.6) is 0 Å². The topological polar surface area (TPSA) is 0 Å². The van der Waals surface area contributed by atoms with Crippen molar-refractivity contribution in [3.05, 3.63) is 34.3 Å². The van der Waals surface area contributed by atoms with Crippen molar-refractivity contribution in [2.24, 2.45) is 0 Å². The molecule has 66 valence electrons. The monoisotopic (exact) mass is 374 g/mol. The highest BCUT2D eigenvalue weighted by Crippen LogP contribution is 2.34. The predicted molar refractivity (Wildman–Crippen MR) is 64.7 cm³/mol. The van der Waals surface area contributed by atoms with E-state index < -0.39 is 0 Å². The van der Waals surface area contributed by atoms with Gasteiger partial charge in [-0.2, -0.15) is 0 Å². The van der Waals surface area contributed by atoms with Crippen LogP contribution in [-0.2, 0) is 5.33 Å². The van der Waals surface area contributed by atoms with Gasteiger partial charge in [0.2, 0.25) is 0 Å². The highest BCUT2D eigenvalue weighted by molar-refractivity contribution is 9.24. The Bertz CT molecular complexity index is 273. The molecular weight excluding hydrogens is 371 g/mol. The van der Waals surface area contributed by atoms with Crippen molar-refractivity contribution in [1.29, 1.82) is 0 Å². The summed E-state index contributed by atoms with van der Waals surface area (Å²) >= 11 is 16.2. The molecule has 0 atom stereocenters. The molecule has 0 amide bonds. The molecule has 1 aromatic carbocycles. The lowest BCUT2D eigenvalue weighted by Crippen LogP contribution is -1.88. The summed E-state index contributed by atoms with van der Waals surface area (Å²) in [6, 6.07) is 5.86. The Labute approximate surface area is 102 Å². The van der Waals surface area contributed by atoms with Crippen molar-refractivity contribution in [1.82, 2.24) is 0 Å². The van der Waals surface area contributed by atoms with Gasteiger partial charge in [0.1, 0.15) is 0 Å². The van der Waals surface area contributed by atoms with Gasteiger partial charge in [0.15, 0.2) is 0 Å². The number of hydrogen-bond donors (Lipinski definition) is 0. The van der Waals surface area contributed by atoms with Crippen LogP contribution in [0.1, 0.15) is 14.9 Å². The van der Waals surface area contributed by atoms with E-state index in [0.717, 1.165) is 10.4 Å². The van der Waals surface area contributed by atoms with Gasteiger partial charge in [0.25, 0.3) is 0 Å². The molecule has 0 radical (unpaired) electrons. The summed E-state index contributed by atoms with van der Waals surface area (Å²) in [6.45, 7) is 0. The molecule has 0 N–H and O–H groups in total. The maximum Gasteiger partial charge on any atom is 0.0949 e. The first-order chi connectivity index (χ1) is 5.65. The Balaban J connectivity index is 3.12. The summed E-state index contributed by atoms with van der Waals surface area (Å²) in [6.07, 6.45) is 0. The molecule has 0 heterocycles. The molecule has 1 rings (SSSR count). The van der Waals surface area contributed by atoms with Gasteiger partial charge in [-0.1, -0.05) is 65.5 Å². The molecule has 0 saturated heterocycles. The minimum absolute atomic E-state index is 0.163. The molecule has 4 heteroatoms. The molecule has 0 unspecified atom stereocenters. The summed E-state index contributed by atoms with van der Waals surface area (Å²) in [5, 5.41) is 1.60. The molecule has 12 heavy (non-hydrogen) atoms. The summed E-state index contributed by atoms with van der Waals surface area (Å²) < 4.78 is 0.163. The van der Waals surface area contributed by atoms with Crippen molar-refractivity contribution in [3.63, 3.8) is 0 Å². The Hall–Kier alpha value is 0.950. The van der Waals surface area contributed by atoms with Gasteiger partial charge in [-0.3, -0.25) is 0 Å². The van der Waals surface area contributed by atoms with E-state index in [0.29, 0.717) is 0 Å². The van der Waals surface area contributed by atoms with Crippen LogP contribution in [0.4, 0.5) is 0 Å². The van der Waals surface area contributed by atoms with E-state index in [1.807, 2.05) is 18.2 Å². The first-order valence-corrected chi connectivity index (χ1v) is 6.60. The Morgan fingerprint density at radius 2 is 2.00 bits per heavy atom. The highest BCUT2D eigenvalue weighted by atomic mass is 79.9. The molecule has 1 aromatic rings. The second-order valence-electron chi connectivity index (χ2n) is 2.28. The van der Waals surface area contributed by atoms with Crippen molar-refractivity contribution in [2.75, 3.05) is 0 Å². The Morgan fingerprint density at radius 3 is 2.50 bits per heavy atom. The number of benzene rings is 1. The van der Waals surface area contributed by atoms with Crippen LogP contribution < -0.4 is 0 Å². The zero-order chi connectivity index (χ0) is 9.14. The third kappa shape index (κ3) is 2.72. The maximum absolute atomic E-state index is 5.86. The average Bonchev–Trinajstić information content (AvgIpc) is 2.04. The molecule has 0 saturated carbocycles. The van der Waals surface area contributed by atoms with Crippen LogP contribution in [0.25, 0.3) is 0 Å². The van der Waals surface area contributed by atoms with E-state index >= 15 is 0 Å². The fraction of sp³-hybridized carbons (Fsp3) is 0.250. The summed E-state index contributed by atoms with van der Waals surface area (Å²) in [4.78, 5) is 0. The molecular formula is C8H6Br3Cl. The highest BCUT2D eigenvalue weighted by Gasteiger charge is 2.08. The molecule has 0 aromatic heterocycles. The van der Waals surface area contributed by atoms with Crippen LogP contribution in [-0.4, -0.2) is 0 Å². The number of rotatable bonds is 2. The molecule has 0 aliphatic heterocycles. The predicted octanol–water partition coefficient (Wildman–Crippen LogP) is 5.02. The van der Waals surface area contributed by atoms with Crippen LogP contribution in [0.3, 0.4) is 0 Å². The number of hydrogen-bond acceptors (Lipinski definition) is 0. The second-order valence-corrected chi connectivity index (χ2v) is 6.33. The van der Waals surface area contributed by atoms with Gasteiger partial charge >= 0.3 is 0 Å². The lowest BCUT2D eigenvalue weighted by atomic mass is 10.1. The van der Waals surface area contributed by atoms with Crippen LogP contribution >= 0.6 is 59.4 Å². The Kier molecular flexibility index (Phi) is 4.58. The summed E-state index contributed by atoms with van der Waals surface area (Å²) in [7, 11) is 0. The zero-order valence-corrected chi connectivity index (χ0v) is 11.5. The first-order valence-electron chi connectivity index (χ1n) is 3.27. The number of halogens is 4. The second kappa shape index (κ2) is 4.99. The Morgan fingerprint density at radius 1 is 1.33 bits per heavy atom. The quantitative estimate of drug-likeness (QED) is 0.635. The molecule has 0 aliphatic carbocycles. The first kappa shape index (κ1) is 11.0. The average molecular weight is 377 g/mol. The fourth-order valence-electron chi connectivity index (χ4n) is 0.891. The van der Waals surface area contributed by atoms with E-state index in [4.69, 9.17) is 11.6 Å². The van der Waals surface area contributed by atoms with Gasteiger partial charge in [-0.05, 0) is 23.3 Å². The van der Waals surface area contributed by atoms with Gasteiger partial charge in [-0.25, -0.2) is 0 Å². The number of alkyl halides is 3. The van der Waals surface area contributed by atoms with Crippen LogP contribution in [0.15, 0.2) is 18.2 Å². The zero-order valence-electron chi connectivity index (χ0n) is 6.03. The van der Waals surface area contributed by atoms with Gasteiger partial charge < -0.3 is 0 Å². The molecule has 0 bridgehead atoms. The SMILES string of the molecule is Clc1ccc(CBr)c(C(Br)Br)c1. The van der Waals surface area contributed by atoms with E-state index in [1.54, 1.807) is 0 Å². The normalized spacial score (nSPS) is 10.8. The fourth-order valence-corrected chi connectivity index (χ4v) is 2.43. The van der Waals surface area contributed by atoms with E-state index in [9.17, 15) is 0 Å². The summed E-state index contributed by atoms with van der Waals surface area (Å²) in [5.74, 6) is 0. The molecule has 0 fully saturated rings. The largest absolute Gasteiger partial charge is 0.0949 e. The standard InChI is InChI=1S/C8H6Br3Cl/c9-4-5-1-2-6(12)3-7(5)8(10)11/h1-3,8H,4H2. The van der Waals surface area contributed by atoms with Gasteiger partial charge in [0.05, 0.1) is 3.74 Å². The van der Waals surface area contributed by atoms with E-state index in [-0.39, 0.29) is 3.74 Å². The summed E-state index contributed by atoms with van der Waals surface area (Å²) in [5.41, 5.74) is 2.40. The third-order valence-electron chi connectivity index (χ3n) is 1.49. The van der Waals surface area contributed by atoms with Gasteiger partial charge in [0, 0.05) is 10.4 Å². The van der Waals surface area contributed by atoms with E-state index in [2.05, 4.69) is 47.8 Å². The lowest BCUT2D eigenvalue weighted by Gasteiger charge is -2.08. The minimum Gasteiger partial charge on any atom is -0.0876 e. The maximum atomic E-state index is 5.86. The molecule has 0 aliphatic rings. The molecule has 0 spiro atoms. The van der Waals surface area contributed by atoms with Crippen LogP contribution in [0.2, 0.25) is 5.02 Å². The van der Waals surface area contributed by atoms with Crippen molar-refractivity contribution < 1.29 is 0 Å². The van der Waals surface area contributed by atoms with Crippen LogP contribution in [0, 0.1) is 0 Å².